The molecule has 0 saturated carbocycles. The van der Waals surface area contributed by atoms with Crippen molar-refractivity contribution in [2.24, 2.45) is 0 Å². The Kier molecular flexibility index (Phi) is 6.85. The van der Waals surface area contributed by atoms with Gasteiger partial charge in [0.05, 0.1) is 32.1 Å². The normalized spacial score (nSPS) is 9.96. The molecule has 0 spiro atoms. The average Bonchev–Trinajstić information content (AvgIpc) is 2.59. The molecule has 2 aromatic carbocycles. The second-order valence-electron chi connectivity index (χ2n) is 5.40. The molecule has 0 saturated heterocycles. The van der Waals surface area contributed by atoms with E-state index in [1.165, 1.54) is 0 Å². The van der Waals surface area contributed by atoms with E-state index in [4.69, 9.17) is 14.7 Å². The zero-order valence-electron chi connectivity index (χ0n) is 14.5. The van der Waals surface area contributed by atoms with E-state index in [9.17, 15) is 4.79 Å². The smallest absolute Gasteiger partial charge is 0.228 e. The van der Waals surface area contributed by atoms with Crippen LogP contribution in [0.15, 0.2) is 42.5 Å². The van der Waals surface area contributed by atoms with Crippen LogP contribution in [0.4, 0.5) is 5.69 Å². The molecule has 0 aromatic heterocycles. The summed E-state index contributed by atoms with van der Waals surface area (Å²) in [4.78, 5) is 12.2. The van der Waals surface area contributed by atoms with Gasteiger partial charge >= 0.3 is 0 Å². The fourth-order valence-electron chi connectivity index (χ4n) is 2.39. The average molecular weight is 338 g/mol. The number of benzene rings is 2. The van der Waals surface area contributed by atoms with Gasteiger partial charge < -0.3 is 14.8 Å². The summed E-state index contributed by atoms with van der Waals surface area (Å²) in [5.41, 5.74) is 2.49. The van der Waals surface area contributed by atoms with Crippen LogP contribution in [0.2, 0.25) is 0 Å². The molecule has 25 heavy (non-hydrogen) atoms. The number of ether oxygens (including phenoxy) is 2. The Morgan fingerprint density at radius 1 is 1.00 bits per heavy atom. The van der Waals surface area contributed by atoms with Crippen molar-refractivity contribution in [3.63, 3.8) is 0 Å². The number of nitrogens with one attached hydrogen (secondary N) is 1. The van der Waals surface area contributed by atoms with Gasteiger partial charge in [-0.25, -0.2) is 0 Å². The predicted octanol–water partition coefficient (Wildman–Crippen LogP) is 3.73. The van der Waals surface area contributed by atoms with Gasteiger partial charge in [0.1, 0.15) is 0 Å². The standard InChI is InChI=1S/C20H22N2O3/c1-3-24-18-10-7-16(13-19(18)25-4-2)14-20(23)22-17-8-5-15(6-9-17)11-12-21/h5-10,13H,3-4,11,14H2,1-2H3,(H,22,23). The summed E-state index contributed by atoms with van der Waals surface area (Å²) in [7, 11) is 0. The molecule has 1 N–H and O–H groups in total. The highest BCUT2D eigenvalue weighted by Crippen LogP contribution is 2.28. The molecule has 2 rings (SSSR count). The molecule has 5 nitrogen and oxygen atoms in total. The van der Waals surface area contributed by atoms with E-state index >= 15 is 0 Å². The van der Waals surface area contributed by atoms with Crippen molar-refractivity contribution in [3.8, 4) is 17.6 Å². The van der Waals surface area contributed by atoms with E-state index < -0.39 is 0 Å². The van der Waals surface area contributed by atoms with Gasteiger partial charge in [-0.15, -0.1) is 0 Å². The first kappa shape index (κ1) is 18.3. The molecule has 2 aromatic rings. The Balaban J connectivity index is 2.02. The molecule has 0 heterocycles. The molecule has 130 valence electrons. The minimum atomic E-state index is -0.111. The van der Waals surface area contributed by atoms with E-state index in [1.54, 1.807) is 12.1 Å². The maximum Gasteiger partial charge on any atom is 0.228 e. The highest BCUT2D eigenvalue weighted by molar-refractivity contribution is 5.92. The number of hydrogen-bond donors (Lipinski definition) is 1. The summed E-state index contributed by atoms with van der Waals surface area (Å²) in [5.74, 6) is 1.22. The van der Waals surface area contributed by atoms with Gasteiger partial charge in [-0.05, 0) is 49.2 Å². The highest BCUT2D eigenvalue weighted by Gasteiger charge is 2.09. The quantitative estimate of drug-likeness (QED) is 0.796. The maximum atomic E-state index is 12.2. The molecule has 0 radical (unpaired) electrons. The van der Waals surface area contributed by atoms with Crippen molar-refractivity contribution in [1.29, 1.82) is 5.26 Å². The highest BCUT2D eigenvalue weighted by atomic mass is 16.5. The number of hydrogen-bond acceptors (Lipinski definition) is 4. The van der Waals surface area contributed by atoms with Crippen LogP contribution in [0.1, 0.15) is 25.0 Å². The minimum Gasteiger partial charge on any atom is -0.490 e. The Hall–Kier alpha value is -3.00. The van der Waals surface area contributed by atoms with Crippen LogP contribution in [0.5, 0.6) is 11.5 Å². The first-order valence-electron chi connectivity index (χ1n) is 8.30. The molecular formula is C20H22N2O3. The summed E-state index contributed by atoms with van der Waals surface area (Å²) < 4.78 is 11.1. The number of amides is 1. The second kappa shape index (κ2) is 9.33. The first-order chi connectivity index (χ1) is 12.2. The minimum absolute atomic E-state index is 0.111. The molecule has 0 aliphatic carbocycles. The number of anilines is 1. The third-order valence-corrected chi connectivity index (χ3v) is 3.49. The van der Waals surface area contributed by atoms with Crippen molar-refractivity contribution >= 4 is 11.6 Å². The van der Waals surface area contributed by atoms with Crippen LogP contribution in [-0.2, 0) is 17.6 Å². The second-order valence-corrected chi connectivity index (χ2v) is 5.40. The van der Waals surface area contributed by atoms with E-state index in [-0.39, 0.29) is 12.3 Å². The molecule has 5 heteroatoms. The number of nitriles is 1. The Bertz CT molecular complexity index is 749. The van der Waals surface area contributed by atoms with E-state index in [0.717, 1.165) is 11.1 Å². The lowest BCUT2D eigenvalue weighted by molar-refractivity contribution is -0.115. The number of carbonyl (C=O) groups is 1. The molecule has 0 unspecified atom stereocenters. The molecular weight excluding hydrogens is 316 g/mol. The zero-order chi connectivity index (χ0) is 18.1. The van der Waals surface area contributed by atoms with E-state index in [1.807, 2.05) is 44.2 Å². The topological polar surface area (TPSA) is 71.3 Å². The third-order valence-electron chi connectivity index (χ3n) is 3.49. The monoisotopic (exact) mass is 338 g/mol. The number of carbonyl (C=O) groups excluding carboxylic acids is 1. The SMILES string of the molecule is CCOc1ccc(CC(=O)Nc2ccc(CC#N)cc2)cc1OCC. The van der Waals surface area contributed by atoms with E-state index in [0.29, 0.717) is 36.8 Å². The lowest BCUT2D eigenvalue weighted by Gasteiger charge is -2.12. The fraction of sp³-hybridized carbons (Fsp3) is 0.300. The van der Waals surface area contributed by atoms with Crippen molar-refractivity contribution < 1.29 is 14.3 Å². The maximum absolute atomic E-state index is 12.2. The zero-order valence-corrected chi connectivity index (χ0v) is 14.5. The van der Waals surface area contributed by atoms with Crippen LogP contribution in [-0.4, -0.2) is 19.1 Å². The van der Waals surface area contributed by atoms with Gasteiger partial charge in [-0.3, -0.25) is 4.79 Å². The first-order valence-corrected chi connectivity index (χ1v) is 8.30. The number of rotatable bonds is 8. The summed E-state index contributed by atoms with van der Waals surface area (Å²) in [5, 5.41) is 11.5. The Labute approximate surface area is 148 Å². The van der Waals surface area contributed by atoms with Crippen molar-refractivity contribution in [3.05, 3.63) is 53.6 Å². The fourth-order valence-corrected chi connectivity index (χ4v) is 2.39. The molecule has 0 atom stereocenters. The van der Waals surface area contributed by atoms with Crippen LogP contribution >= 0.6 is 0 Å². The van der Waals surface area contributed by atoms with Crippen LogP contribution < -0.4 is 14.8 Å². The van der Waals surface area contributed by atoms with Crippen molar-refractivity contribution in [2.75, 3.05) is 18.5 Å². The van der Waals surface area contributed by atoms with Crippen LogP contribution in [0.3, 0.4) is 0 Å². The molecule has 0 aliphatic heterocycles. The van der Waals surface area contributed by atoms with Gasteiger partial charge in [-0.1, -0.05) is 18.2 Å². The van der Waals surface area contributed by atoms with Crippen LogP contribution in [0, 0.1) is 11.3 Å². The largest absolute Gasteiger partial charge is 0.490 e. The van der Waals surface area contributed by atoms with E-state index in [2.05, 4.69) is 11.4 Å². The van der Waals surface area contributed by atoms with Gasteiger partial charge in [0.2, 0.25) is 5.91 Å². The molecule has 0 fully saturated rings. The summed E-state index contributed by atoms with van der Waals surface area (Å²) in [6.45, 7) is 4.91. The summed E-state index contributed by atoms with van der Waals surface area (Å²) in [6.07, 6.45) is 0.604. The van der Waals surface area contributed by atoms with Crippen LogP contribution in [0.25, 0.3) is 0 Å². The Morgan fingerprint density at radius 2 is 1.64 bits per heavy atom. The van der Waals surface area contributed by atoms with Crippen molar-refractivity contribution in [1.82, 2.24) is 0 Å². The Morgan fingerprint density at radius 3 is 2.28 bits per heavy atom. The third kappa shape index (κ3) is 5.54. The summed E-state index contributed by atoms with van der Waals surface area (Å²) >= 11 is 0. The molecule has 0 bridgehead atoms. The van der Waals surface area contributed by atoms with Gasteiger partial charge in [-0.2, -0.15) is 5.26 Å². The lowest BCUT2D eigenvalue weighted by atomic mass is 10.1. The lowest BCUT2D eigenvalue weighted by Crippen LogP contribution is -2.14. The predicted molar refractivity (Wildman–Crippen MR) is 96.9 cm³/mol. The number of nitrogens with zero attached hydrogens (tertiary/aromatic N) is 1. The van der Waals surface area contributed by atoms with Gasteiger partial charge in [0, 0.05) is 5.69 Å². The summed E-state index contributed by atoms with van der Waals surface area (Å²) in [6, 6.07) is 14.9. The van der Waals surface area contributed by atoms with Gasteiger partial charge in [0.15, 0.2) is 11.5 Å². The van der Waals surface area contributed by atoms with Crippen molar-refractivity contribution in [2.45, 2.75) is 26.7 Å². The van der Waals surface area contributed by atoms with Gasteiger partial charge in [0.25, 0.3) is 0 Å². The molecule has 0 aliphatic rings. The molecule has 1 amide bonds.